The molecule has 1 aromatic heterocycles. The van der Waals surface area contributed by atoms with Crippen LogP contribution in [0.15, 0.2) is 4.52 Å². The second-order valence-electron chi connectivity index (χ2n) is 5.62. The van der Waals surface area contributed by atoms with E-state index in [4.69, 9.17) is 9.26 Å². The zero-order valence-corrected chi connectivity index (χ0v) is 12.9. The van der Waals surface area contributed by atoms with Crippen molar-refractivity contribution in [3.63, 3.8) is 0 Å². The van der Waals surface area contributed by atoms with E-state index in [0.29, 0.717) is 12.5 Å². The number of ether oxygens (including phenoxy) is 1. The second-order valence-corrected chi connectivity index (χ2v) is 5.62. The van der Waals surface area contributed by atoms with Crippen LogP contribution < -0.4 is 5.32 Å². The van der Waals surface area contributed by atoms with Crippen LogP contribution in [0, 0.1) is 0 Å². The molecule has 0 aromatic carbocycles. The number of nitrogens with zero attached hydrogens (tertiary/aromatic N) is 2. The minimum atomic E-state index is -0.320. The summed E-state index contributed by atoms with van der Waals surface area (Å²) in [6, 6.07) is 0.0958. The molecule has 0 saturated heterocycles. The molecule has 1 aromatic rings. The van der Waals surface area contributed by atoms with Crippen molar-refractivity contribution in [2.45, 2.75) is 70.9 Å². The van der Waals surface area contributed by atoms with Gasteiger partial charge in [0.15, 0.2) is 0 Å². The molecule has 1 aliphatic carbocycles. The van der Waals surface area contributed by atoms with Crippen molar-refractivity contribution >= 4 is 0 Å². The summed E-state index contributed by atoms with van der Waals surface area (Å²) in [5, 5.41) is 7.58. The van der Waals surface area contributed by atoms with Gasteiger partial charge in [-0.2, -0.15) is 4.98 Å². The lowest BCUT2D eigenvalue weighted by Crippen LogP contribution is -2.33. The average Bonchev–Trinajstić information content (AvgIpc) is 2.96. The lowest BCUT2D eigenvalue weighted by Gasteiger charge is -2.33. The zero-order valence-electron chi connectivity index (χ0n) is 12.9. The van der Waals surface area contributed by atoms with Crippen LogP contribution in [0.1, 0.15) is 77.1 Å². The van der Waals surface area contributed by atoms with Gasteiger partial charge >= 0.3 is 0 Å². The fraction of sp³-hybridized carbons (Fsp3) is 0.867. The third-order valence-corrected chi connectivity index (χ3v) is 4.00. The third kappa shape index (κ3) is 3.38. The quantitative estimate of drug-likeness (QED) is 0.830. The Kier molecular flexibility index (Phi) is 5.54. The Morgan fingerprint density at radius 1 is 1.30 bits per heavy atom. The fourth-order valence-electron chi connectivity index (χ4n) is 2.88. The van der Waals surface area contributed by atoms with Crippen molar-refractivity contribution in [2.24, 2.45) is 0 Å². The lowest BCUT2D eigenvalue weighted by molar-refractivity contribution is -0.0777. The highest BCUT2D eigenvalue weighted by atomic mass is 16.5. The largest absolute Gasteiger partial charge is 0.367 e. The topological polar surface area (TPSA) is 60.2 Å². The Hall–Kier alpha value is -0.940. The van der Waals surface area contributed by atoms with E-state index in [0.717, 1.165) is 31.6 Å². The van der Waals surface area contributed by atoms with E-state index in [1.165, 1.54) is 19.3 Å². The van der Waals surface area contributed by atoms with Crippen LogP contribution in [0.5, 0.6) is 0 Å². The predicted molar refractivity (Wildman–Crippen MR) is 77.4 cm³/mol. The highest BCUT2D eigenvalue weighted by Gasteiger charge is 2.39. The van der Waals surface area contributed by atoms with Crippen molar-refractivity contribution in [1.82, 2.24) is 15.5 Å². The van der Waals surface area contributed by atoms with Crippen molar-refractivity contribution in [2.75, 3.05) is 13.2 Å². The molecule has 1 aliphatic rings. The Bertz CT molecular complexity index is 394. The second kappa shape index (κ2) is 7.18. The average molecular weight is 281 g/mol. The van der Waals surface area contributed by atoms with Gasteiger partial charge in [-0.25, -0.2) is 0 Å². The van der Waals surface area contributed by atoms with E-state index < -0.39 is 0 Å². The van der Waals surface area contributed by atoms with Crippen molar-refractivity contribution in [3.05, 3.63) is 11.7 Å². The summed E-state index contributed by atoms with van der Waals surface area (Å²) in [5.74, 6) is 1.40. The normalized spacial score (nSPS) is 19.9. The van der Waals surface area contributed by atoms with Gasteiger partial charge in [0, 0.05) is 6.61 Å². The molecule has 20 heavy (non-hydrogen) atoms. The van der Waals surface area contributed by atoms with Crippen LogP contribution in [-0.4, -0.2) is 23.3 Å². The van der Waals surface area contributed by atoms with Crippen LogP contribution in [0.2, 0.25) is 0 Å². The lowest BCUT2D eigenvalue weighted by atomic mass is 9.84. The maximum atomic E-state index is 6.03. The molecular formula is C15H27N3O2. The third-order valence-electron chi connectivity index (χ3n) is 4.00. The Morgan fingerprint density at radius 3 is 2.70 bits per heavy atom. The van der Waals surface area contributed by atoms with Crippen molar-refractivity contribution < 1.29 is 9.26 Å². The van der Waals surface area contributed by atoms with Gasteiger partial charge in [0.2, 0.25) is 11.7 Å². The molecule has 1 heterocycles. The first-order chi connectivity index (χ1) is 9.72. The van der Waals surface area contributed by atoms with Gasteiger partial charge in [-0.1, -0.05) is 31.3 Å². The summed E-state index contributed by atoms with van der Waals surface area (Å²) in [7, 11) is 0. The highest BCUT2D eigenvalue weighted by Crippen LogP contribution is 2.39. The molecule has 0 amide bonds. The first kappa shape index (κ1) is 15.4. The van der Waals surface area contributed by atoms with Crippen LogP contribution >= 0.6 is 0 Å². The molecule has 0 radical (unpaired) electrons. The Balaban J connectivity index is 2.12. The minimum Gasteiger partial charge on any atom is -0.367 e. The van der Waals surface area contributed by atoms with E-state index in [1.807, 2.05) is 6.92 Å². The van der Waals surface area contributed by atoms with E-state index in [1.54, 1.807) is 0 Å². The summed E-state index contributed by atoms with van der Waals surface area (Å²) in [5.41, 5.74) is -0.320. The number of nitrogens with one attached hydrogen (secondary N) is 1. The number of aromatic nitrogens is 2. The van der Waals surface area contributed by atoms with Gasteiger partial charge in [-0.05, 0) is 39.7 Å². The maximum Gasteiger partial charge on any atom is 0.243 e. The molecule has 1 saturated carbocycles. The van der Waals surface area contributed by atoms with Gasteiger partial charge in [0.1, 0.15) is 5.60 Å². The highest BCUT2D eigenvalue weighted by molar-refractivity contribution is 5.04. The molecule has 1 N–H and O–H groups in total. The van der Waals surface area contributed by atoms with E-state index in [-0.39, 0.29) is 11.6 Å². The number of rotatable bonds is 7. The summed E-state index contributed by atoms with van der Waals surface area (Å²) >= 11 is 0. The van der Waals surface area contributed by atoms with Gasteiger partial charge in [-0.15, -0.1) is 0 Å². The van der Waals surface area contributed by atoms with Crippen LogP contribution in [0.3, 0.4) is 0 Å². The molecule has 1 unspecified atom stereocenters. The molecule has 1 fully saturated rings. The number of hydrogen-bond acceptors (Lipinski definition) is 5. The van der Waals surface area contributed by atoms with Crippen LogP contribution in [0.25, 0.3) is 0 Å². The maximum absolute atomic E-state index is 6.03. The van der Waals surface area contributed by atoms with Gasteiger partial charge < -0.3 is 14.6 Å². The first-order valence-electron chi connectivity index (χ1n) is 7.93. The monoisotopic (exact) mass is 281 g/mol. The van der Waals surface area contributed by atoms with E-state index >= 15 is 0 Å². The fourth-order valence-corrected chi connectivity index (χ4v) is 2.88. The van der Waals surface area contributed by atoms with Gasteiger partial charge in [0.05, 0.1) is 6.04 Å². The standard InChI is InChI=1S/C15H27N3O2/c1-4-11-16-12(3)13-17-14(18-20-13)15(19-5-2)9-7-6-8-10-15/h12,16H,4-11H2,1-3H3. The SMILES string of the molecule is CCCNC(C)c1nc(C2(OCC)CCCCC2)no1. The van der Waals surface area contributed by atoms with E-state index in [2.05, 4.69) is 29.3 Å². The zero-order chi connectivity index (χ0) is 14.4. The Morgan fingerprint density at radius 2 is 2.05 bits per heavy atom. The molecule has 0 bridgehead atoms. The smallest absolute Gasteiger partial charge is 0.243 e. The summed E-state index contributed by atoms with van der Waals surface area (Å²) in [6.07, 6.45) is 6.70. The minimum absolute atomic E-state index is 0.0958. The first-order valence-corrected chi connectivity index (χ1v) is 7.93. The molecule has 2 rings (SSSR count). The Labute approximate surface area is 121 Å². The van der Waals surface area contributed by atoms with Gasteiger partial charge in [-0.3, -0.25) is 0 Å². The van der Waals surface area contributed by atoms with E-state index in [9.17, 15) is 0 Å². The number of hydrogen-bond donors (Lipinski definition) is 1. The van der Waals surface area contributed by atoms with Gasteiger partial charge in [0.25, 0.3) is 0 Å². The molecule has 0 spiro atoms. The van der Waals surface area contributed by atoms with Crippen LogP contribution in [0.4, 0.5) is 0 Å². The molecule has 114 valence electrons. The molecule has 5 nitrogen and oxygen atoms in total. The van der Waals surface area contributed by atoms with Crippen molar-refractivity contribution in [1.29, 1.82) is 0 Å². The molecular weight excluding hydrogens is 254 g/mol. The van der Waals surface area contributed by atoms with Crippen LogP contribution in [-0.2, 0) is 10.3 Å². The molecule has 5 heteroatoms. The summed E-state index contributed by atoms with van der Waals surface area (Å²) in [4.78, 5) is 4.61. The predicted octanol–water partition coefficient (Wildman–Crippen LogP) is 3.33. The van der Waals surface area contributed by atoms with Crippen molar-refractivity contribution in [3.8, 4) is 0 Å². The summed E-state index contributed by atoms with van der Waals surface area (Å²) < 4.78 is 11.5. The molecule has 1 atom stereocenters. The summed E-state index contributed by atoms with van der Waals surface area (Å²) in [6.45, 7) is 7.87. The molecule has 0 aliphatic heterocycles.